The Morgan fingerprint density at radius 2 is 1.96 bits per heavy atom. The van der Waals surface area contributed by atoms with Gasteiger partial charge in [0.1, 0.15) is 6.33 Å². The van der Waals surface area contributed by atoms with Crippen molar-refractivity contribution in [1.82, 2.24) is 24.8 Å². The fourth-order valence-electron chi connectivity index (χ4n) is 3.61. The van der Waals surface area contributed by atoms with E-state index in [2.05, 4.69) is 19.9 Å². The normalized spacial score (nSPS) is 16.9. The first-order valence-electron chi connectivity index (χ1n) is 9.19. The molecule has 1 unspecified atom stereocenters. The first kappa shape index (κ1) is 17.3. The molecule has 136 valence electrons. The number of rotatable bonds is 4. The highest BCUT2D eigenvalue weighted by Gasteiger charge is 2.27. The van der Waals surface area contributed by atoms with Crippen molar-refractivity contribution in [3.63, 3.8) is 0 Å². The van der Waals surface area contributed by atoms with Crippen LogP contribution in [0.1, 0.15) is 30.1 Å². The molecule has 1 amide bonds. The third-order valence-electron chi connectivity index (χ3n) is 4.95. The van der Waals surface area contributed by atoms with E-state index in [1.165, 1.54) is 0 Å². The zero-order chi connectivity index (χ0) is 18.5. The van der Waals surface area contributed by atoms with E-state index in [1.54, 1.807) is 24.9 Å². The topological polar surface area (TPSA) is 71.9 Å². The molecule has 3 aromatic rings. The van der Waals surface area contributed by atoms with E-state index >= 15 is 0 Å². The number of pyridine rings is 2. The molecule has 0 radical (unpaired) electrons. The molecule has 0 aliphatic carbocycles. The molecule has 0 saturated carbocycles. The van der Waals surface area contributed by atoms with Crippen molar-refractivity contribution < 1.29 is 4.79 Å². The lowest BCUT2D eigenvalue weighted by molar-refractivity contribution is -0.131. The molecular weight excluding hydrogens is 338 g/mol. The zero-order valence-electron chi connectivity index (χ0n) is 15.0. The predicted octanol–water partition coefficient (Wildman–Crippen LogP) is 2.88. The Balaban J connectivity index is 1.53. The average molecular weight is 359 g/mol. The molecule has 27 heavy (non-hydrogen) atoms. The molecule has 6 heteroatoms. The van der Waals surface area contributed by atoms with Crippen LogP contribution in [0, 0.1) is 0 Å². The number of likely N-dealkylation sites (tertiary alicyclic amines) is 1. The van der Waals surface area contributed by atoms with Gasteiger partial charge in [0.2, 0.25) is 5.91 Å². The SMILES string of the molecule is O=C(Cc1ccccn1)N1CCCC(c2ncncc2-c2ccncc2)C1. The van der Waals surface area contributed by atoms with Crippen molar-refractivity contribution in [2.75, 3.05) is 13.1 Å². The van der Waals surface area contributed by atoms with Crippen LogP contribution >= 0.6 is 0 Å². The zero-order valence-corrected chi connectivity index (χ0v) is 15.0. The van der Waals surface area contributed by atoms with Crippen LogP contribution in [0.25, 0.3) is 11.1 Å². The number of carbonyl (C=O) groups excluding carboxylic acids is 1. The molecule has 6 nitrogen and oxygen atoms in total. The molecule has 1 aliphatic heterocycles. The van der Waals surface area contributed by atoms with E-state index < -0.39 is 0 Å². The lowest BCUT2D eigenvalue weighted by Crippen LogP contribution is -2.40. The first-order chi connectivity index (χ1) is 13.3. The number of carbonyl (C=O) groups is 1. The predicted molar refractivity (Wildman–Crippen MR) is 102 cm³/mol. The summed E-state index contributed by atoms with van der Waals surface area (Å²) in [5.74, 6) is 0.329. The van der Waals surface area contributed by atoms with Crippen LogP contribution in [0.2, 0.25) is 0 Å². The van der Waals surface area contributed by atoms with Crippen molar-refractivity contribution in [2.45, 2.75) is 25.2 Å². The van der Waals surface area contributed by atoms with Crippen molar-refractivity contribution in [3.8, 4) is 11.1 Å². The van der Waals surface area contributed by atoms with Crippen LogP contribution < -0.4 is 0 Å². The largest absolute Gasteiger partial charge is 0.342 e. The minimum absolute atomic E-state index is 0.123. The van der Waals surface area contributed by atoms with Crippen LogP contribution in [0.3, 0.4) is 0 Å². The van der Waals surface area contributed by atoms with Crippen molar-refractivity contribution in [1.29, 1.82) is 0 Å². The number of amides is 1. The number of nitrogens with zero attached hydrogens (tertiary/aromatic N) is 5. The van der Waals surface area contributed by atoms with Gasteiger partial charge in [0.15, 0.2) is 0 Å². The van der Waals surface area contributed by atoms with E-state index in [0.29, 0.717) is 13.0 Å². The molecule has 0 spiro atoms. The third kappa shape index (κ3) is 4.00. The van der Waals surface area contributed by atoms with Crippen LogP contribution in [-0.4, -0.2) is 43.8 Å². The molecule has 1 saturated heterocycles. The molecule has 1 aliphatic rings. The van der Waals surface area contributed by atoms with Gasteiger partial charge in [-0.3, -0.25) is 14.8 Å². The van der Waals surface area contributed by atoms with Gasteiger partial charge < -0.3 is 4.90 Å². The second kappa shape index (κ2) is 8.03. The molecule has 1 fully saturated rings. The van der Waals surface area contributed by atoms with E-state index in [-0.39, 0.29) is 11.8 Å². The Labute approximate surface area is 158 Å². The molecule has 0 bridgehead atoms. The number of piperidine rings is 1. The summed E-state index contributed by atoms with van der Waals surface area (Å²) in [6, 6.07) is 9.60. The van der Waals surface area contributed by atoms with Gasteiger partial charge in [-0.2, -0.15) is 0 Å². The summed E-state index contributed by atoms with van der Waals surface area (Å²) in [6.07, 6.45) is 11.0. The summed E-state index contributed by atoms with van der Waals surface area (Å²) in [6.45, 7) is 1.47. The van der Waals surface area contributed by atoms with Crippen LogP contribution in [0.4, 0.5) is 0 Å². The van der Waals surface area contributed by atoms with Gasteiger partial charge in [0, 0.05) is 55.1 Å². The quantitative estimate of drug-likeness (QED) is 0.716. The Morgan fingerprint density at radius 3 is 2.78 bits per heavy atom. The number of hydrogen-bond donors (Lipinski definition) is 0. The standard InChI is InChI=1S/C21H21N5O/c27-20(12-18-5-1-2-8-24-18)26-11-3-4-17(14-26)21-19(13-23-15-25-21)16-6-9-22-10-7-16/h1-2,5-10,13,15,17H,3-4,11-12,14H2. The monoisotopic (exact) mass is 359 g/mol. The number of aromatic nitrogens is 4. The van der Waals surface area contributed by atoms with Crippen molar-refractivity contribution >= 4 is 5.91 Å². The molecule has 4 heterocycles. The van der Waals surface area contributed by atoms with Crippen LogP contribution in [0.15, 0.2) is 61.4 Å². The highest BCUT2D eigenvalue weighted by atomic mass is 16.2. The number of hydrogen-bond acceptors (Lipinski definition) is 5. The van der Waals surface area contributed by atoms with Gasteiger partial charge in [-0.1, -0.05) is 6.07 Å². The lowest BCUT2D eigenvalue weighted by Gasteiger charge is -2.33. The maximum Gasteiger partial charge on any atom is 0.228 e. The maximum absolute atomic E-state index is 12.7. The first-order valence-corrected chi connectivity index (χ1v) is 9.19. The van der Waals surface area contributed by atoms with Crippen molar-refractivity contribution in [3.05, 3.63) is 72.8 Å². The highest BCUT2D eigenvalue weighted by Crippen LogP contribution is 2.32. The summed E-state index contributed by atoms with van der Waals surface area (Å²) in [7, 11) is 0. The van der Waals surface area contributed by atoms with E-state index in [0.717, 1.165) is 41.9 Å². The highest BCUT2D eigenvalue weighted by molar-refractivity contribution is 5.78. The molecule has 0 N–H and O–H groups in total. The summed E-state index contributed by atoms with van der Waals surface area (Å²) >= 11 is 0. The third-order valence-corrected chi connectivity index (χ3v) is 4.95. The maximum atomic E-state index is 12.7. The molecule has 4 rings (SSSR count). The summed E-state index contributed by atoms with van der Waals surface area (Å²) in [4.78, 5) is 31.8. The van der Waals surface area contributed by atoms with Gasteiger partial charge in [0.05, 0.1) is 12.1 Å². The van der Waals surface area contributed by atoms with Gasteiger partial charge in [-0.15, -0.1) is 0 Å². The van der Waals surface area contributed by atoms with Crippen LogP contribution in [-0.2, 0) is 11.2 Å². The fourth-order valence-corrected chi connectivity index (χ4v) is 3.61. The van der Waals surface area contributed by atoms with Gasteiger partial charge in [0.25, 0.3) is 0 Å². The second-order valence-electron chi connectivity index (χ2n) is 6.73. The summed E-state index contributed by atoms with van der Waals surface area (Å²) < 4.78 is 0. The molecule has 1 atom stereocenters. The Hall–Kier alpha value is -3.15. The fraction of sp³-hybridized carbons (Fsp3) is 0.286. The summed E-state index contributed by atoms with van der Waals surface area (Å²) in [5.41, 5.74) is 3.89. The molecular formula is C21H21N5O. The lowest BCUT2D eigenvalue weighted by atomic mass is 9.90. The van der Waals surface area contributed by atoms with Crippen molar-refractivity contribution in [2.24, 2.45) is 0 Å². The minimum Gasteiger partial charge on any atom is -0.342 e. The summed E-state index contributed by atoms with van der Waals surface area (Å²) in [5, 5.41) is 0. The van der Waals surface area contributed by atoms with Crippen LogP contribution in [0.5, 0.6) is 0 Å². The van der Waals surface area contributed by atoms with Gasteiger partial charge >= 0.3 is 0 Å². The second-order valence-corrected chi connectivity index (χ2v) is 6.73. The Kier molecular flexibility index (Phi) is 5.14. The average Bonchev–Trinajstić information content (AvgIpc) is 2.75. The van der Waals surface area contributed by atoms with E-state index in [4.69, 9.17) is 0 Å². The Morgan fingerprint density at radius 1 is 1.07 bits per heavy atom. The van der Waals surface area contributed by atoms with Gasteiger partial charge in [-0.05, 0) is 42.7 Å². The van der Waals surface area contributed by atoms with Gasteiger partial charge in [-0.25, -0.2) is 9.97 Å². The smallest absolute Gasteiger partial charge is 0.228 e. The molecule has 0 aromatic carbocycles. The minimum atomic E-state index is 0.123. The van der Waals surface area contributed by atoms with E-state index in [1.807, 2.05) is 41.4 Å². The Bertz CT molecular complexity index is 901. The van der Waals surface area contributed by atoms with E-state index in [9.17, 15) is 4.79 Å². The molecule has 3 aromatic heterocycles.